The minimum atomic E-state index is -3.50. The Balaban J connectivity index is 2.28. The third-order valence-corrected chi connectivity index (χ3v) is 4.25. The Morgan fingerprint density at radius 1 is 1.26 bits per heavy atom. The Bertz CT molecular complexity index is 1000. The topological polar surface area (TPSA) is 82.0 Å². The smallest absolute Gasteiger partial charge is 0.247 e. The molecule has 0 aliphatic heterocycles. The van der Waals surface area contributed by atoms with Gasteiger partial charge in [-0.3, -0.25) is 0 Å². The van der Waals surface area contributed by atoms with Crippen molar-refractivity contribution in [3.63, 3.8) is 0 Å². The van der Waals surface area contributed by atoms with Gasteiger partial charge in [-0.1, -0.05) is 12.1 Å². The zero-order valence-corrected chi connectivity index (χ0v) is 13.7. The van der Waals surface area contributed by atoms with Gasteiger partial charge in [0.1, 0.15) is 5.52 Å². The van der Waals surface area contributed by atoms with Crippen molar-refractivity contribution in [1.82, 2.24) is 15.0 Å². The van der Waals surface area contributed by atoms with Crippen molar-refractivity contribution in [3.8, 4) is 17.1 Å². The van der Waals surface area contributed by atoms with Crippen LogP contribution in [0, 0.1) is 13.0 Å². The van der Waals surface area contributed by atoms with E-state index >= 15 is 0 Å². The molecule has 0 spiro atoms. The minimum absolute atomic E-state index is 0.248. The van der Waals surface area contributed by atoms with Gasteiger partial charge in [0.2, 0.25) is 20.9 Å². The Hall–Kier alpha value is -2.54. The van der Waals surface area contributed by atoms with E-state index in [1.165, 1.54) is 13.3 Å². The summed E-state index contributed by atoms with van der Waals surface area (Å²) in [5.41, 5.74) is 3.02. The molecule has 0 unspecified atom stereocenters. The van der Waals surface area contributed by atoms with Crippen molar-refractivity contribution in [2.24, 2.45) is 0 Å². The zero-order valence-electron chi connectivity index (χ0n) is 12.9. The van der Waals surface area contributed by atoms with Crippen molar-refractivity contribution < 1.29 is 13.2 Å². The van der Waals surface area contributed by atoms with E-state index < -0.39 is 9.84 Å². The van der Waals surface area contributed by atoms with Crippen LogP contribution in [0.4, 0.5) is 0 Å². The summed E-state index contributed by atoms with van der Waals surface area (Å²) in [6, 6.07) is 10.4. The predicted octanol–water partition coefficient (Wildman–Crippen LogP) is 2.21. The summed E-state index contributed by atoms with van der Waals surface area (Å²) in [6.07, 6.45) is 2.53. The lowest BCUT2D eigenvalue weighted by Crippen LogP contribution is -2.05. The molecule has 1 aromatic carbocycles. The molecular formula is C16H14N3O3S. The number of aromatic nitrogens is 3. The Morgan fingerprint density at radius 3 is 2.70 bits per heavy atom. The number of nitrogens with zero attached hydrogens (tertiary/aromatic N) is 3. The van der Waals surface area contributed by atoms with Gasteiger partial charge in [0.05, 0.1) is 12.8 Å². The van der Waals surface area contributed by atoms with Crippen LogP contribution in [-0.2, 0) is 9.84 Å². The first kappa shape index (κ1) is 15.4. The fourth-order valence-corrected chi connectivity index (χ4v) is 2.74. The average molecular weight is 328 g/mol. The Labute approximate surface area is 134 Å². The van der Waals surface area contributed by atoms with Gasteiger partial charge in [-0.15, -0.1) is 0 Å². The number of rotatable bonds is 3. The Morgan fingerprint density at radius 2 is 2.04 bits per heavy atom. The SMILES string of the molecule is COc1nc(-c2c[c]ccc2C)cc2cnc(S(C)(=O)=O)nc12. The first-order valence-corrected chi connectivity index (χ1v) is 8.68. The molecule has 117 valence electrons. The van der Waals surface area contributed by atoms with E-state index in [-0.39, 0.29) is 11.0 Å². The predicted molar refractivity (Wildman–Crippen MR) is 86.0 cm³/mol. The first-order chi connectivity index (χ1) is 10.9. The fourth-order valence-electron chi connectivity index (χ4n) is 2.24. The number of benzene rings is 1. The van der Waals surface area contributed by atoms with Gasteiger partial charge in [-0.25, -0.2) is 23.4 Å². The second-order valence-electron chi connectivity index (χ2n) is 5.12. The minimum Gasteiger partial charge on any atom is -0.479 e. The van der Waals surface area contributed by atoms with Gasteiger partial charge in [0, 0.05) is 23.4 Å². The molecule has 3 aromatic rings. The van der Waals surface area contributed by atoms with E-state index in [0.717, 1.165) is 17.4 Å². The molecule has 0 fully saturated rings. The standard InChI is InChI=1S/C16H14N3O3S/c1-10-6-4-5-7-12(10)13-8-11-9-17-16(23(3,20)21)19-14(11)15(18-13)22-2/h4,6-9H,1-3H3. The summed E-state index contributed by atoms with van der Waals surface area (Å²) in [6.45, 7) is 1.98. The van der Waals surface area contributed by atoms with Crippen molar-refractivity contribution in [3.05, 3.63) is 42.1 Å². The average Bonchev–Trinajstić information content (AvgIpc) is 2.52. The maximum Gasteiger partial charge on any atom is 0.247 e. The van der Waals surface area contributed by atoms with Crippen molar-refractivity contribution in [2.75, 3.05) is 13.4 Å². The van der Waals surface area contributed by atoms with Crippen LogP contribution in [0.1, 0.15) is 5.56 Å². The van der Waals surface area contributed by atoms with Crippen molar-refractivity contribution in [2.45, 2.75) is 12.1 Å². The van der Waals surface area contributed by atoms with Crippen LogP contribution in [0.15, 0.2) is 35.6 Å². The largest absolute Gasteiger partial charge is 0.479 e. The molecule has 0 N–H and O–H groups in total. The molecule has 7 heteroatoms. The number of ether oxygens (including phenoxy) is 1. The van der Waals surface area contributed by atoms with Crippen LogP contribution in [0.5, 0.6) is 5.88 Å². The number of methoxy groups -OCH3 is 1. The number of hydrogen-bond donors (Lipinski definition) is 0. The summed E-state index contributed by atoms with van der Waals surface area (Å²) in [4.78, 5) is 12.4. The fraction of sp³-hybridized carbons (Fsp3) is 0.188. The molecule has 0 atom stereocenters. The monoisotopic (exact) mass is 328 g/mol. The lowest BCUT2D eigenvalue weighted by atomic mass is 10.0. The lowest BCUT2D eigenvalue weighted by molar-refractivity contribution is 0.402. The van der Waals surface area contributed by atoms with Crippen LogP contribution in [0.25, 0.3) is 22.2 Å². The molecular weight excluding hydrogens is 314 g/mol. The molecule has 0 saturated heterocycles. The van der Waals surface area contributed by atoms with E-state index in [2.05, 4.69) is 21.0 Å². The van der Waals surface area contributed by atoms with Crippen LogP contribution in [0.3, 0.4) is 0 Å². The highest BCUT2D eigenvalue weighted by atomic mass is 32.2. The molecule has 2 aromatic heterocycles. The quantitative estimate of drug-likeness (QED) is 0.686. The van der Waals surface area contributed by atoms with Gasteiger partial charge in [0.25, 0.3) is 0 Å². The van der Waals surface area contributed by atoms with Gasteiger partial charge in [-0.2, -0.15) is 0 Å². The highest BCUT2D eigenvalue weighted by molar-refractivity contribution is 7.90. The second kappa shape index (κ2) is 5.58. The highest BCUT2D eigenvalue weighted by Crippen LogP contribution is 2.29. The van der Waals surface area contributed by atoms with Crippen LogP contribution < -0.4 is 4.74 Å². The lowest BCUT2D eigenvalue weighted by Gasteiger charge is -2.10. The van der Waals surface area contributed by atoms with E-state index in [1.54, 1.807) is 6.07 Å². The molecule has 23 heavy (non-hydrogen) atoms. The van der Waals surface area contributed by atoms with Crippen LogP contribution in [-0.4, -0.2) is 36.7 Å². The summed E-state index contributed by atoms with van der Waals surface area (Å²) in [7, 11) is -2.03. The van der Waals surface area contributed by atoms with Gasteiger partial charge in [-0.05, 0) is 30.7 Å². The molecule has 1 radical (unpaired) electrons. The highest BCUT2D eigenvalue weighted by Gasteiger charge is 2.16. The number of sulfone groups is 1. The Kier molecular flexibility index (Phi) is 3.73. The molecule has 0 aliphatic carbocycles. The van der Waals surface area contributed by atoms with E-state index in [9.17, 15) is 8.42 Å². The van der Waals surface area contributed by atoms with Crippen molar-refractivity contribution in [1.29, 1.82) is 0 Å². The molecule has 0 saturated carbocycles. The van der Waals surface area contributed by atoms with E-state index in [4.69, 9.17) is 4.74 Å². The first-order valence-electron chi connectivity index (χ1n) is 6.79. The summed E-state index contributed by atoms with van der Waals surface area (Å²) in [5, 5.41) is 0.407. The third kappa shape index (κ3) is 2.87. The summed E-state index contributed by atoms with van der Waals surface area (Å²) >= 11 is 0. The maximum absolute atomic E-state index is 11.6. The van der Waals surface area contributed by atoms with E-state index in [0.29, 0.717) is 16.6 Å². The number of fused-ring (bicyclic) bond motifs is 1. The van der Waals surface area contributed by atoms with Gasteiger partial charge < -0.3 is 4.74 Å². The van der Waals surface area contributed by atoms with Gasteiger partial charge >= 0.3 is 0 Å². The normalized spacial score (nSPS) is 11.6. The summed E-state index contributed by atoms with van der Waals surface area (Å²) < 4.78 is 28.5. The molecule has 6 nitrogen and oxygen atoms in total. The second-order valence-corrected chi connectivity index (χ2v) is 7.03. The molecule has 3 rings (SSSR count). The maximum atomic E-state index is 11.6. The molecule has 0 amide bonds. The number of hydrogen-bond acceptors (Lipinski definition) is 6. The third-order valence-electron chi connectivity index (χ3n) is 3.39. The van der Waals surface area contributed by atoms with Gasteiger partial charge in [0.15, 0.2) is 0 Å². The number of pyridine rings is 1. The van der Waals surface area contributed by atoms with Crippen LogP contribution >= 0.6 is 0 Å². The number of aryl methyl sites for hydroxylation is 1. The van der Waals surface area contributed by atoms with E-state index in [1.807, 2.05) is 25.1 Å². The van der Waals surface area contributed by atoms with Crippen molar-refractivity contribution >= 4 is 20.7 Å². The molecule has 0 aliphatic rings. The zero-order chi connectivity index (χ0) is 16.6. The van der Waals surface area contributed by atoms with Crippen LogP contribution in [0.2, 0.25) is 0 Å². The molecule has 2 heterocycles. The molecule has 0 bridgehead atoms. The summed E-state index contributed by atoms with van der Waals surface area (Å²) in [5.74, 6) is 0.257.